The molecule has 5 rings (SSSR count). The van der Waals surface area contributed by atoms with E-state index >= 15 is 0 Å². The van der Waals surface area contributed by atoms with E-state index in [9.17, 15) is 0 Å². The van der Waals surface area contributed by atoms with Crippen LogP contribution in [0.3, 0.4) is 0 Å². The Labute approximate surface area is 120 Å². The number of nitrogens with zero attached hydrogens (tertiary/aromatic N) is 4. The molecular weight excluding hydrogens is 250 g/mol. The van der Waals surface area contributed by atoms with Crippen LogP contribution in [0.4, 0.5) is 5.82 Å². The number of aryl methyl sites for hydroxylation is 1. The number of fused-ring (bicyclic) bond motifs is 4. The molecule has 108 valence electrons. The first-order valence-corrected chi connectivity index (χ1v) is 7.93. The number of hydrogen-bond acceptors (Lipinski definition) is 5. The van der Waals surface area contributed by atoms with Crippen molar-refractivity contribution in [2.75, 3.05) is 38.5 Å². The van der Waals surface area contributed by atoms with Gasteiger partial charge < -0.3 is 5.73 Å². The summed E-state index contributed by atoms with van der Waals surface area (Å²) >= 11 is 0. The Morgan fingerprint density at radius 3 is 2.50 bits per heavy atom. The van der Waals surface area contributed by atoms with Crippen LogP contribution >= 0.6 is 0 Å². The van der Waals surface area contributed by atoms with E-state index in [1.54, 1.807) is 0 Å². The molecule has 4 heterocycles. The van der Waals surface area contributed by atoms with Crippen molar-refractivity contribution in [1.82, 2.24) is 19.8 Å². The molecule has 1 unspecified atom stereocenters. The molecule has 1 aromatic heterocycles. The Hall–Kier alpha value is -1.20. The van der Waals surface area contributed by atoms with E-state index < -0.39 is 0 Å². The molecule has 2 N–H and O–H groups in total. The molecule has 4 aliphatic rings. The monoisotopic (exact) mass is 273 g/mol. The number of anilines is 1. The summed E-state index contributed by atoms with van der Waals surface area (Å²) in [6, 6.07) is 0.355. The van der Waals surface area contributed by atoms with E-state index in [-0.39, 0.29) is 0 Å². The number of piperazine rings is 3. The molecule has 5 nitrogen and oxygen atoms in total. The van der Waals surface area contributed by atoms with Crippen molar-refractivity contribution in [2.45, 2.75) is 38.1 Å². The maximum absolute atomic E-state index is 6.23. The van der Waals surface area contributed by atoms with Crippen LogP contribution in [-0.4, -0.2) is 52.5 Å². The van der Waals surface area contributed by atoms with Gasteiger partial charge in [-0.15, -0.1) is 0 Å². The zero-order valence-corrected chi connectivity index (χ0v) is 12.0. The highest BCUT2D eigenvalue weighted by atomic mass is 15.4. The fraction of sp³-hybridized carbons (Fsp3) is 0.733. The first kappa shape index (κ1) is 12.5. The lowest BCUT2D eigenvalue weighted by atomic mass is 10.1. The third-order valence-corrected chi connectivity index (χ3v) is 5.06. The first-order chi connectivity index (χ1) is 9.81. The van der Waals surface area contributed by atoms with Crippen molar-refractivity contribution in [3.05, 3.63) is 17.1 Å². The maximum Gasteiger partial charge on any atom is 0.149 e. The molecule has 1 aromatic rings. The lowest BCUT2D eigenvalue weighted by Crippen LogP contribution is -2.57. The largest absolute Gasteiger partial charge is 0.383 e. The molecule has 2 bridgehead atoms. The van der Waals surface area contributed by atoms with Gasteiger partial charge in [-0.3, -0.25) is 9.80 Å². The van der Waals surface area contributed by atoms with Gasteiger partial charge in [0.15, 0.2) is 0 Å². The lowest BCUT2D eigenvalue weighted by Gasteiger charge is -2.46. The maximum atomic E-state index is 6.23. The topological polar surface area (TPSA) is 58.3 Å². The summed E-state index contributed by atoms with van der Waals surface area (Å²) in [7, 11) is 0. The molecule has 1 atom stereocenters. The quantitative estimate of drug-likeness (QED) is 0.774. The first-order valence-electron chi connectivity index (χ1n) is 7.93. The van der Waals surface area contributed by atoms with E-state index in [1.807, 2.05) is 0 Å². The number of aromatic nitrogens is 2. The van der Waals surface area contributed by atoms with Gasteiger partial charge in [0, 0.05) is 44.0 Å². The molecule has 1 aliphatic carbocycles. The van der Waals surface area contributed by atoms with Crippen molar-refractivity contribution in [1.29, 1.82) is 0 Å². The van der Waals surface area contributed by atoms with Gasteiger partial charge in [-0.1, -0.05) is 6.42 Å². The standard InChI is InChI=1S/C15H23N5/c16-14-11-4-2-1-3-5-12(11)17-15(18-14)13-10-19-6-8-20(13)9-7-19/h13H,1-10H2,(H2,16,17,18). The smallest absolute Gasteiger partial charge is 0.149 e. The molecule has 0 spiro atoms. The van der Waals surface area contributed by atoms with Crippen molar-refractivity contribution in [2.24, 2.45) is 0 Å². The normalized spacial score (nSPS) is 32.7. The average molecular weight is 273 g/mol. The van der Waals surface area contributed by atoms with Gasteiger partial charge >= 0.3 is 0 Å². The summed E-state index contributed by atoms with van der Waals surface area (Å²) in [5.41, 5.74) is 8.68. The van der Waals surface area contributed by atoms with Crippen LogP contribution in [-0.2, 0) is 12.8 Å². The van der Waals surface area contributed by atoms with Crippen LogP contribution < -0.4 is 5.73 Å². The molecule has 20 heavy (non-hydrogen) atoms. The molecule has 3 saturated heterocycles. The summed E-state index contributed by atoms with van der Waals surface area (Å²) in [5.74, 6) is 1.71. The molecule has 0 aromatic carbocycles. The molecule has 3 aliphatic heterocycles. The van der Waals surface area contributed by atoms with Gasteiger partial charge in [-0.25, -0.2) is 9.97 Å². The van der Waals surface area contributed by atoms with Crippen molar-refractivity contribution >= 4 is 5.82 Å². The zero-order valence-electron chi connectivity index (χ0n) is 12.0. The number of hydrogen-bond donors (Lipinski definition) is 1. The van der Waals surface area contributed by atoms with Crippen molar-refractivity contribution in [3.8, 4) is 0 Å². The van der Waals surface area contributed by atoms with Crippen molar-refractivity contribution in [3.63, 3.8) is 0 Å². The summed E-state index contributed by atoms with van der Waals surface area (Å²) in [4.78, 5) is 14.6. The van der Waals surface area contributed by atoms with Crippen LogP contribution in [0.1, 0.15) is 42.4 Å². The minimum absolute atomic E-state index is 0.355. The number of nitrogens with two attached hydrogens (primary N) is 1. The highest BCUT2D eigenvalue weighted by Crippen LogP contribution is 2.30. The van der Waals surface area contributed by atoms with Gasteiger partial charge in [-0.05, 0) is 25.7 Å². The van der Waals surface area contributed by atoms with E-state index in [1.165, 1.54) is 43.6 Å². The van der Waals surface area contributed by atoms with Gasteiger partial charge in [0.25, 0.3) is 0 Å². The zero-order chi connectivity index (χ0) is 13.5. The van der Waals surface area contributed by atoms with Gasteiger partial charge in [0.1, 0.15) is 11.6 Å². The highest BCUT2D eigenvalue weighted by molar-refractivity contribution is 5.43. The molecule has 5 heteroatoms. The molecular formula is C15H23N5. The predicted molar refractivity (Wildman–Crippen MR) is 78.5 cm³/mol. The van der Waals surface area contributed by atoms with Crippen LogP contribution in [0.15, 0.2) is 0 Å². The molecule has 0 radical (unpaired) electrons. The van der Waals surface area contributed by atoms with Crippen LogP contribution in [0.2, 0.25) is 0 Å². The fourth-order valence-electron chi connectivity index (χ4n) is 3.83. The lowest BCUT2D eigenvalue weighted by molar-refractivity contribution is 0.00861. The second-order valence-electron chi connectivity index (χ2n) is 6.31. The van der Waals surface area contributed by atoms with Gasteiger partial charge in [-0.2, -0.15) is 0 Å². The number of rotatable bonds is 1. The third kappa shape index (κ3) is 2.09. The Bertz CT molecular complexity index is 507. The molecule has 0 saturated carbocycles. The number of nitrogen functional groups attached to an aromatic ring is 1. The molecule has 0 amide bonds. The fourth-order valence-corrected chi connectivity index (χ4v) is 3.83. The van der Waals surface area contributed by atoms with Crippen LogP contribution in [0.5, 0.6) is 0 Å². The van der Waals surface area contributed by atoms with E-state index in [4.69, 9.17) is 10.7 Å². The Morgan fingerprint density at radius 1 is 0.950 bits per heavy atom. The average Bonchev–Trinajstić information content (AvgIpc) is 2.74. The van der Waals surface area contributed by atoms with E-state index in [2.05, 4.69) is 14.8 Å². The summed E-state index contributed by atoms with van der Waals surface area (Å²) in [6.07, 6.45) is 5.88. The molecule has 3 fully saturated rings. The Balaban J connectivity index is 1.68. The SMILES string of the molecule is Nc1nc(C2CN3CCN2CC3)nc2c1CCCCC2. The van der Waals surface area contributed by atoms with E-state index in [0.29, 0.717) is 6.04 Å². The van der Waals surface area contributed by atoms with E-state index in [0.717, 1.165) is 44.1 Å². The Kier molecular flexibility index (Phi) is 3.11. The van der Waals surface area contributed by atoms with Crippen LogP contribution in [0, 0.1) is 0 Å². The van der Waals surface area contributed by atoms with Gasteiger partial charge in [0.2, 0.25) is 0 Å². The minimum atomic E-state index is 0.355. The summed E-state index contributed by atoms with van der Waals surface area (Å²) in [5, 5.41) is 0. The summed E-state index contributed by atoms with van der Waals surface area (Å²) in [6.45, 7) is 5.74. The van der Waals surface area contributed by atoms with Gasteiger partial charge in [0.05, 0.1) is 6.04 Å². The Morgan fingerprint density at radius 2 is 1.75 bits per heavy atom. The second kappa shape index (κ2) is 4.97. The third-order valence-electron chi connectivity index (χ3n) is 5.06. The minimum Gasteiger partial charge on any atom is -0.383 e. The summed E-state index contributed by atoms with van der Waals surface area (Å²) < 4.78 is 0. The second-order valence-corrected chi connectivity index (χ2v) is 6.31. The predicted octanol–water partition coefficient (Wildman–Crippen LogP) is 1.000. The highest BCUT2D eigenvalue weighted by Gasteiger charge is 2.35. The van der Waals surface area contributed by atoms with Crippen molar-refractivity contribution < 1.29 is 0 Å². The van der Waals surface area contributed by atoms with Crippen LogP contribution in [0.25, 0.3) is 0 Å².